The van der Waals surface area contributed by atoms with Crippen molar-refractivity contribution in [3.8, 4) is 11.5 Å². The number of rotatable bonds is 5. The predicted octanol–water partition coefficient (Wildman–Crippen LogP) is 1.20. The summed E-state index contributed by atoms with van der Waals surface area (Å²) in [6.45, 7) is 1.16. The maximum absolute atomic E-state index is 12.0. The second kappa shape index (κ2) is 7.47. The molecular weight excluding hydrogens is 286 g/mol. The van der Waals surface area contributed by atoms with Crippen molar-refractivity contribution in [2.45, 2.75) is 31.5 Å². The van der Waals surface area contributed by atoms with Crippen LogP contribution in [-0.2, 0) is 16.1 Å². The fourth-order valence-corrected chi connectivity index (χ4v) is 2.86. The van der Waals surface area contributed by atoms with Crippen molar-refractivity contribution in [3.05, 3.63) is 23.8 Å². The number of carbonyl (C=O) groups excluding carboxylic acids is 1. The molecule has 1 fully saturated rings. The second-order valence-corrected chi connectivity index (χ2v) is 5.34. The number of hydrogen-bond donors (Lipinski definition) is 1. The molecule has 1 aliphatic rings. The van der Waals surface area contributed by atoms with Crippen LogP contribution in [-0.4, -0.2) is 56.0 Å². The van der Waals surface area contributed by atoms with Crippen LogP contribution >= 0.6 is 0 Å². The van der Waals surface area contributed by atoms with Crippen LogP contribution in [0.5, 0.6) is 11.5 Å². The van der Waals surface area contributed by atoms with E-state index in [1.165, 1.54) is 7.11 Å². The number of nitrogens with zero attached hydrogens (tertiary/aromatic N) is 1. The number of aliphatic hydroxyl groups excluding tert-OH is 1. The number of para-hydroxylation sites is 1. The van der Waals surface area contributed by atoms with E-state index in [0.29, 0.717) is 37.4 Å². The second-order valence-electron chi connectivity index (χ2n) is 5.34. The van der Waals surface area contributed by atoms with Gasteiger partial charge in [0.1, 0.15) is 6.04 Å². The molecule has 0 amide bonds. The molecule has 0 saturated carbocycles. The number of piperidine rings is 1. The van der Waals surface area contributed by atoms with E-state index in [9.17, 15) is 9.90 Å². The minimum absolute atomic E-state index is 0.319. The summed E-state index contributed by atoms with van der Waals surface area (Å²) in [5.41, 5.74) is 0.937. The number of hydrogen-bond acceptors (Lipinski definition) is 6. The summed E-state index contributed by atoms with van der Waals surface area (Å²) >= 11 is 0. The summed E-state index contributed by atoms with van der Waals surface area (Å²) in [6, 6.07) is 5.23. The van der Waals surface area contributed by atoms with E-state index in [1.807, 2.05) is 23.1 Å². The minimum atomic E-state index is -0.465. The molecule has 0 bridgehead atoms. The number of methoxy groups -OCH3 is 3. The lowest BCUT2D eigenvalue weighted by atomic mass is 9.98. The molecule has 1 N–H and O–H groups in total. The molecule has 0 aromatic heterocycles. The number of likely N-dealkylation sites (tertiary alicyclic amines) is 1. The van der Waals surface area contributed by atoms with Gasteiger partial charge in [0.2, 0.25) is 0 Å². The van der Waals surface area contributed by atoms with Crippen molar-refractivity contribution in [1.29, 1.82) is 0 Å². The Labute approximate surface area is 130 Å². The van der Waals surface area contributed by atoms with E-state index in [-0.39, 0.29) is 5.97 Å². The first-order valence-corrected chi connectivity index (χ1v) is 7.30. The predicted molar refractivity (Wildman–Crippen MR) is 81.0 cm³/mol. The molecule has 0 spiro atoms. The first-order valence-electron chi connectivity index (χ1n) is 7.30. The standard InChI is InChI=1S/C16H23NO5/c1-20-14-6-4-5-11(15(14)21-2)10-17-8-7-12(18)9-13(17)16(19)22-3/h4-6,12-13,18H,7-10H2,1-3H3/t12-,13+/m0/s1. The smallest absolute Gasteiger partial charge is 0.323 e. The normalized spacial score (nSPS) is 22.2. The summed E-state index contributed by atoms with van der Waals surface area (Å²) in [7, 11) is 4.56. The highest BCUT2D eigenvalue weighted by molar-refractivity contribution is 5.75. The Hall–Kier alpha value is -1.79. The number of carbonyl (C=O) groups is 1. The van der Waals surface area contributed by atoms with E-state index in [0.717, 1.165) is 5.56 Å². The Bertz CT molecular complexity index is 519. The summed E-state index contributed by atoms with van der Waals surface area (Å²) in [5.74, 6) is 1.01. The van der Waals surface area contributed by atoms with Gasteiger partial charge in [-0.25, -0.2) is 0 Å². The molecule has 0 aliphatic carbocycles. The lowest BCUT2D eigenvalue weighted by molar-refractivity contribution is -0.150. The Kier molecular flexibility index (Phi) is 5.63. The molecule has 6 nitrogen and oxygen atoms in total. The fraction of sp³-hybridized carbons (Fsp3) is 0.562. The van der Waals surface area contributed by atoms with Crippen LogP contribution in [0.4, 0.5) is 0 Å². The number of esters is 1. The third kappa shape index (κ3) is 3.51. The summed E-state index contributed by atoms with van der Waals surface area (Å²) < 4.78 is 15.6. The summed E-state index contributed by atoms with van der Waals surface area (Å²) in [6.07, 6.45) is 0.561. The van der Waals surface area contributed by atoms with Gasteiger partial charge in [-0.2, -0.15) is 0 Å². The Morgan fingerprint density at radius 3 is 2.73 bits per heavy atom. The van der Waals surface area contributed by atoms with Crippen LogP contribution in [0.2, 0.25) is 0 Å². The Balaban J connectivity index is 2.22. The molecule has 1 aliphatic heterocycles. The third-order valence-electron chi connectivity index (χ3n) is 4.02. The van der Waals surface area contributed by atoms with Crippen LogP contribution in [0.3, 0.4) is 0 Å². The summed E-state index contributed by atoms with van der Waals surface area (Å²) in [5, 5.41) is 9.81. The van der Waals surface area contributed by atoms with Gasteiger partial charge in [-0.05, 0) is 18.9 Å². The van der Waals surface area contributed by atoms with Crippen molar-refractivity contribution >= 4 is 5.97 Å². The zero-order valence-corrected chi connectivity index (χ0v) is 13.2. The van der Waals surface area contributed by atoms with Gasteiger partial charge in [-0.15, -0.1) is 0 Å². The molecule has 2 rings (SSSR count). The van der Waals surface area contributed by atoms with E-state index >= 15 is 0 Å². The zero-order valence-electron chi connectivity index (χ0n) is 13.2. The molecule has 0 radical (unpaired) electrons. The van der Waals surface area contributed by atoms with Crippen LogP contribution in [0.15, 0.2) is 18.2 Å². The molecule has 6 heteroatoms. The number of ether oxygens (including phenoxy) is 3. The SMILES string of the molecule is COC(=O)[C@H]1C[C@@H](O)CCN1Cc1cccc(OC)c1OC. The number of aliphatic hydroxyl groups is 1. The highest BCUT2D eigenvalue weighted by Gasteiger charge is 2.34. The monoisotopic (exact) mass is 309 g/mol. The fourth-order valence-electron chi connectivity index (χ4n) is 2.86. The lowest BCUT2D eigenvalue weighted by Crippen LogP contribution is -2.48. The van der Waals surface area contributed by atoms with E-state index < -0.39 is 12.1 Å². The zero-order chi connectivity index (χ0) is 16.1. The molecule has 2 atom stereocenters. The Morgan fingerprint density at radius 2 is 2.09 bits per heavy atom. The van der Waals surface area contributed by atoms with E-state index in [2.05, 4.69) is 0 Å². The maximum atomic E-state index is 12.0. The van der Waals surface area contributed by atoms with Gasteiger partial charge in [-0.1, -0.05) is 12.1 Å². The van der Waals surface area contributed by atoms with Gasteiger partial charge in [0.25, 0.3) is 0 Å². The van der Waals surface area contributed by atoms with Gasteiger partial charge in [-0.3, -0.25) is 9.69 Å². The molecule has 22 heavy (non-hydrogen) atoms. The molecule has 122 valence electrons. The molecule has 1 saturated heterocycles. The van der Waals surface area contributed by atoms with Gasteiger partial charge in [0.05, 0.1) is 27.4 Å². The lowest BCUT2D eigenvalue weighted by Gasteiger charge is -2.36. The minimum Gasteiger partial charge on any atom is -0.493 e. The largest absolute Gasteiger partial charge is 0.493 e. The highest BCUT2D eigenvalue weighted by atomic mass is 16.5. The van der Waals surface area contributed by atoms with Crippen molar-refractivity contribution in [1.82, 2.24) is 4.90 Å². The number of benzene rings is 1. The van der Waals surface area contributed by atoms with Crippen LogP contribution in [0.1, 0.15) is 18.4 Å². The van der Waals surface area contributed by atoms with Crippen molar-refractivity contribution < 1.29 is 24.1 Å². The van der Waals surface area contributed by atoms with Gasteiger partial charge < -0.3 is 19.3 Å². The van der Waals surface area contributed by atoms with E-state index in [4.69, 9.17) is 14.2 Å². The topological polar surface area (TPSA) is 68.2 Å². The van der Waals surface area contributed by atoms with Gasteiger partial charge >= 0.3 is 5.97 Å². The van der Waals surface area contributed by atoms with Gasteiger partial charge in [0.15, 0.2) is 11.5 Å². The van der Waals surface area contributed by atoms with E-state index in [1.54, 1.807) is 14.2 Å². The third-order valence-corrected chi connectivity index (χ3v) is 4.02. The van der Waals surface area contributed by atoms with Crippen molar-refractivity contribution in [2.24, 2.45) is 0 Å². The van der Waals surface area contributed by atoms with Crippen LogP contribution in [0, 0.1) is 0 Å². The first-order chi connectivity index (χ1) is 10.6. The van der Waals surface area contributed by atoms with Crippen molar-refractivity contribution in [2.75, 3.05) is 27.9 Å². The maximum Gasteiger partial charge on any atom is 0.323 e. The van der Waals surface area contributed by atoms with Crippen molar-refractivity contribution in [3.63, 3.8) is 0 Å². The van der Waals surface area contributed by atoms with Crippen LogP contribution < -0.4 is 9.47 Å². The average molecular weight is 309 g/mol. The molecule has 1 aromatic carbocycles. The molecular formula is C16H23NO5. The summed E-state index contributed by atoms with van der Waals surface area (Å²) in [4.78, 5) is 14.0. The average Bonchev–Trinajstić information content (AvgIpc) is 2.55. The quantitative estimate of drug-likeness (QED) is 0.825. The molecule has 1 aromatic rings. The highest BCUT2D eigenvalue weighted by Crippen LogP contribution is 2.33. The van der Waals surface area contributed by atoms with Crippen LogP contribution in [0.25, 0.3) is 0 Å². The first kappa shape index (κ1) is 16.6. The Morgan fingerprint density at radius 1 is 1.32 bits per heavy atom. The molecule has 1 heterocycles. The molecule has 0 unspecified atom stereocenters. The van der Waals surface area contributed by atoms with Gasteiger partial charge in [0, 0.05) is 18.7 Å².